The molecule has 0 amide bonds. The lowest BCUT2D eigenvalue weighted by atomic mass is 10.2. The van der Waals surface area contributed by atoms with E-state index < -0.39 is 6.10 Å². The van der Waals surface area contributed by atoms with Crippen LogP contribution in [0.25, 0.3) is 0 Å². The van der Waals surface area contributed by atoms with Crippen LogP contribution in [0.15, 0.2) is 34.7 Å². The number of ether oxygens (including phenoxy) is 1. The van der Waals surface area contributed by atoms with Gasteiger partial charge < -0.3 is 24.5 Å². The Morgan fingerprint density at radius 2 is 1.91 bits per heavy atom. The third-order valence-electron chi connectivity index (χ3n) is 3.50. The topological polar surface area (TPSA) is 57.9 Å². The van der Waals surface area contributed by atoms with Crippen molar-refractivity contribution in [2.24, 2.45) is 0 Å². The molecule has 5 nitrogen and oxygen atoms in total. The summed E-state index contributed by atoms with van der Waals surface area (Å²) in [6.07, 6.45) is -0.491. The summed E-state index contributed by atoms with van der Waals surface area (Å²) in [5.41, 5.74) is 2.18. The van der Waals surface area contributed by atoms with Gasteiger partial charge in [-0.1, -0.05) is 0 Å². The number of anilines is 1. The van der Waals surface area contributed by atoms with Gasteiger partial charge in [-0.3, -0.25) is 0 Å². The average Bonchev–Trinajstić information content (AvgIpc) is 2.81. The molecule has 1 heterocycles. The lowest BCUT2D eigenvalue weighted by molar-refractivity contribution is 0.0831. The maximum absolute atomic E-state index is 9.79. The summed E-state index contributed by atoms with van der Waals surface area (Å²) in [4.78, 5) is 1.93. The number of nitrogens with one attached hydrogen (secondary N) is 1. The van der Waals surface area contributed by atoms with E-state index in [1.165, 1.54) is 0 Å². The van der Waals surface area contributed by atoms with Crippen molar-refractivity contribution in [1.29, 1.82) is 0 Å². The SMILES string of the molecule is Cc1cc(CNc2ccc(OCC(O)CN(C)C)cc2)c(C)o1. The van der Waals surface area contributed by atoms with Crippen LogP contribution in [0.3, 0.4) is 0 Å². The molecule has 0 aliphatic carbocycles. The highest BCUT2D eigenvalue weighted by atomic mass is 16.5. The Morgan fingerprint density at radius 1 is 1.22 bits per heavy atom. The summed E-state index contributed by atoms with van der Waals surface area (Å²) >= 11 is 0. The molecule has 5 heteroatoms. The molecular formula is C18H26N2O3. The molecule has 0 saturated heterocycles. The normalized spacial score (nSPS) is 12.4. The number of aliphatic hydroxyl groups is 1. The van der Waals surface area contributed by atoms with Gasteiger partial charge in [-0.25, -0.2) is 0 Å². The zero-order chi connectivity index (χ0) is 16.8. The van der Waals surface area contributed by atoms with Crippen LogP contribution in [0.4, 0.5) is 5.69 Å². The number of hydrogen-bond donors (Lipinski definition) is 2. The number of nitrogens with zero attached hydrogens (tertiary/aromatic N) is 1. The Bertz CT molecular complexity index is 605. The molecule has 0 aliphatic rings. The van der Waals surface area contributed by atoms with Crippen LogP contribution in [-0.2, 0) is 6.54 Å². The molecule has 0 radical (unpaired) electrons. The summed E-state index contributed by atoms with van der Waals surface area (Å²) in [5.74, 6) is 2.63. The Morgan fingerprint density at radius 3 is 2.48 bits per heavy atom. The number of aryl methyl sites for hydroxylation is 2. The van der Waals surface area contributed by atoms with Gasteiger partial charge in [0.05, 0.1) is 0 Å². The standard InChI is InChI=1S/C18H26N2O3/c1-13-9-15(14(2)23-13)10-19-16-5-7-18(8-6-16)22-12-17(21)11-20(3)4/h5-9,17,19,21H,10-12H2,1-4H3. The molecule has 1 aromatic heterocycles. The van der Waals surface area contributed by atoms with E-state index in [1.54, 1.807) is 0 Å². The van der Waals surface area contributed by atoms with Crippen LogP contribution in [0, 0.1) is 13.8 Å². The molecule has 23 heavy (non-hydrogen) atoms. The monoisotopic (exact) mass is 318 g/mol. The first-order valence-corrected chi connectivity index (χ1v) is 7.79. The molecule has 2 rings (SSSR count). The van der Waals surface area contributed by atoms with Gasteiger partial charge in [0, 0.05) is 24.3 Å². The molecule has 0 aliphatic heterocycles. The zero-order valence-electron chi connectivity index (χ0n) is 14.3. The lowest BCUT2D eigenvalue weighted by Gasteiger charge is -2.16. The first-order valence-electron chi connectivity index (χ1n) is 7.79. The van der Waals surface area contributed by atoms with Crippen LogP contribution in [0.5, 0.6) is 5.75 Å². The number of hydrogen-bond acceptors (Lipinski definition) is 5. The average molecular weight is 318 g/mol. The third kappa shape index (κ3) is 5.62. The molecule has 0 fully saturated rings. The van der Waals surface area contributed by atoms with Crippen molar-refractivity contribution < 1.29 is 14.3 Å². The molecule has 1 unspecified atom stereocenters. The van der Waals surface area contributed by atoms with Gasteiger partial charge in [0.1, 0.15) is 30.0 Å². The van der Waals surface area contributed by atoms with Crippen molar-refractivity contribution in [1.82, 2.24) is 4.90 Å². The van der Waals surface area contributed by atoms with E-state index in [0.717, 1.165) is 35.1 Å². The highest BCUT2D eigenvalue weighted by molar-refractivity contribution is 5.47. The summed E-state index contributed by atoms with van der Waals surface area (Å²) in [6.45, 7) is 5.53. The minimum Gasteiger partial charge on any atom is -0.491 e. The van der Waals surface area contributed by atoms with Crippen molar-refractivity contribution in [2.45, 2.75) is 26.5 Å². The first kappa shape index (κ1) is 17.4. The van der Waals surface area contributed by atoms with Crippen LogP contribution in [-0.4, -0.2) is 43.4 Å². The Labute approximate surface area is 137 Å². The van der Waals surface area contributed by atoms with Crippen molar-refractivity contribution in [2.75, 3.05) is 32.6 Å². The van der Waals surface area contributed by atoms with Crippen LogP contribution in [0.1, 0.15) is 17.1 Å². The van der Waals surface area contributed by atoms with Gasteiger partial charge in [-0.2, -0.15) is 0 Å². The molecular weight excluding hydrogens is 292 g/mol. The largest absolute Gasteiger partial charge is 0.491 e. The summed E-state index contributed by atoms with van der Waals surface area (Å²) in [5, 5.41) is 13.1. The van der Waals surface area contributed by atoms with E-state index in [2.05, 4.69) is 5.32 Å². The lowest BCUT2D eigenvalue weighted by Crippen LogP contribution is -2.30. The number of aliphatic hydroxyl groups excluding tert-OH is 1. The first-order chi connectivity index (χ1) is 10.9. The summed E-state index contributed by atoms with van der Waals surface area (Å²) < 4.78 is 11.1. The second-order valence-corrected chi connectivity index (χ2v) is 6.04. The van der Waals surface area contributed by atoms with E-state index in [0.29, 0.717) is 13.2 Å². The quantitative estimate of drug-likeness (QED) is 0.784. The minimum atomic E-state index is -0.491. The fourth-order valence-corrected chi connectivity index (χ4v) is 2.39. The summed E-state index contributed by atoms with van der Waals surface area (Å²) in [7, 11) is 3.85. The van der Waals surface area contributed by atoms with Gasteiger partial charge >= 0.3 is 0 Å². The van der Waals surface area contributed by atoms with Gasteiger partial charge in [-0.15, -0.1) is 0 Å². The predicted octanol–water partition coefficient (Wildman–Crippen LogP) is 2.81. The molecule has 1 atom stereocenters. The maximum Gasteiger partial charge on any atom is 0.119 e. The van der Waals surface area contributed by atoms with Crippen LogP contribution in [0.2, 0.25) is 0 Å². The minimum absolute atomic E-state index is 0.290. The molecule has 2 aromatic rings. The molecule has 0 spiro atoms. The van der Waals surface area contributed by atoms with Gasteiger partial charge in [0.15, 0.2) is 0 Å². The third-order valence-corrected chi connectivity index (χ3v) is 3.50. The second-order valence-electron chi connectivity index (χ2n) is 6.04. The van der Waals surface area contributed by atoms with E-state index >= 15 is 0 Å². The van der Waals surface area contributed by atoms with Crippen molar-refractivity contribution in [3.05, 3.63) is 47.4 Å². The number of benzene rings is 1. The van der Waals surface area contributed by atoms with Crippen LogP contribution >= 0.6 is 0 Å². The Kier molecular flexibility index (Phi) is 6.07. The number of rotatable bonds is 8. The van der Waals surface area contributed by atoms with Gasteiger partial charge in [0.2, 0.25) is 0 Å². The number of furan rings is 1. The van der Waals surface area contributed by atoms with Crippen molar-refractivity contribution >= 4 is 5.69 Å². The van der Waals surface area contributed by atoms with Gasteiger partial charge in [-0.05, 0) is 58.3 Å². The molecule has 0 saturated carbocycles. The Hall–Kier alpha value is -1.98. The van der Waals surface area contributed by atoms with Crippen molar-refractivity contribution in [3.63, 3.8) is 0 Å². The van der Waals surface area contributed by atoms with E-state index in [4.69, 9.17) is 9.15 Å². The van der Waals surface area contributed by atoms with Crippen LogP contribution < -0.4 is 10.1 Å². The van der Waals surface area contributed by atoms with Crippen molar-refractivity contribution in [3.8, 4) is 5.75 Å². The van der Waals surface area contributed by atoms with E-state index in [9.17, 15) is 5.11 Å². The Balaban J connectivity index is 1.81. The fraction of sp³-hybridized carbons (Fsp3) is 0.444. The molecule has 0 bridgehead atoms. The second kappa shape index (κ2) is 8.04. The highest BCUT2D eigenvalue weighted by Gasteiger charge is 2.07. The fourth-order valence-electron chi connectivity index (χ4n) is 2.39. The highest BCUT2D eigenvalue weighted by Crippen LogP contribution is 2.19. The predicted molar refractivity (Wildman–Crippen MR) is 92.0 cm³/mol. The molecule has 2 N–H and O–H groups in total. The molecule has 126 valence electrons. The smallest absolute Gasteiger partial charge is 0.119 e. The van der Waals surface area contributed by atoms with E-state index in [-0.39, 0.29) is 0 Å². The maximum atomic E-state index is 9.79. The number of likely N-dealkylation sites (N-methyl/N-ethyl adjacent to an activating group) is 1. The molecule has 1 aromatic carbocycles. The summed E-state index contributed by atoms with van der Waals surface area (Å²) in [6, 6.07) is 9.79. The van der Waals surface area contributed by atoms with E-state index in [1.807, 2.05) is 63.2 Å². The zero-order valence-corrected chi connectivity index (χ0v) is 14.3. The van der Waals surface area contributed by atoms with Gasteiger partial charge in [0.25, 0.3) is 0 Å².